The molecule has 0 radical (unpaired) electrons. The number of fused-ring (bicyclic) bond motifs is 1. The predicted molar refractivity (Wildman–Crippen MR) is 74.7 cm³/mol. The molecule has 1 amide bonds. The minimum absolute atomic E-state index is 0.0791. The second-order valence-electron chi connectivity index (χ2n) is 4.47. The van der Waals surface area contributed by atoms with Crippen LogP contribution in [0.2, 0.25) is 4.34 Å². The molecule has 0 atom stereocenters. The Labute approximate surface area is 114 Å². The summed E-state index contributed by atoms with van der Waals surface area (Å²) in [6.07, 6.45) is 0. The first-order valence-corrected chi connectivity index (χ1v) is 7.14. The Bertz CT molecular complexity index is 598. The second kappa shape index (κ2) is 4.57. The summed E-state index contributed by atoms with van der Waals surface area (Å²) in [5.74, 6) is 0.0791. The average molecular weight is 284 g/mol. The fourth-order valence-corrected chi connectivity index (χ4v) is 3.49. The van der Waals surface area contributed by atoms with Crippen molar-refractivity contribution < 1.29 is 4.79 Å². The number of carbonyl (C=O) groups excluding carboxylic acids is 1. The van der Waals surface area contributed by atoms with E-state index in [2.05, 4.69) is 10.3 Å². The van der Waals surface area contributed by atoms with Crippen molar-refractivity contribution in [2.75, 3.05) is 26.2 Å². The highest BCUT2D eigenvalue weighted by Gasteiger charge is 2.21. The number of hydrogen-bond acceptors (Lipinski definition) is 3. The van der Waals surface area contributed by atoms with Crippen LogP contribution in [0.25, 0.3) is 10.2 Å². The average Bonchev–Trinajstić information content (AvgIpc) is 2.91. The van der Waals surface area contributed by atoms with Gasteiger partial charge in [-0.1, -0.05) is 11.6 Å². The fraction of sp³-hybridized carbons (Fsp3) is 0.417. The monoisotopic (exact) mass is 283 g/mol. The summed E-state index contributed by atoms with van der Waals surface area (Å²) in [7, 11) is 0. The third-order valence-corrected chi connectivity index (χ3v) is 4.83. The number of aromatic nitrogens is 1. The van der Waals surface area contributed by atoms with E-state index in [-0.39, 0.29) is 5.91 Å². The predicted octanol–water partition coefficient (Wildman–Crippen LogP) is 2.24. The van der Waals surface area contributed by atoms with Crippen LogP contribution in [0.4, 0.5) is 0 Å². The third-order valence-electron chi connectivity index (χ3n) is 3.29. The van der Waals surface area contributed by atoms with Crippen molar-refractivity contribution in [1.82, 2.24) is 15.2 Å². The van der Waals surface area contributed by atoms with E-state index in [1.807, 2.05) is 17.9 Å². The number of piperazine rings is 1. The van der Waals surface area contributed by atoms with E-state index in [0.29, 0.717) is 5.69 Å². The summed E-state index contributed by atoms with van der Waals surface area (Å²) in [6, 6.07) is 1.91. The molecule has 6 heteroatoms. The minimum Gasteiger partial charge on any atom is -0.350 e. The van der Waals surface area contributed by atoms with Gasteiger partial charge < -0.3 is 15.2 Å². The summed E-state index contributed by atoms with van der Waals surface area (Å²) in [5.41, 5.74) is 2.68. The lowest BCUT2D eigenvalue weighted by atomic mass is 10.3. The lowest BCUT2D eigenvalue weighted by Crippen LogP contribution is -2.46. The highest BCUT2D eigenvalue weighted by atomic mass is 35.5. The van der Waals surface area contributed by atoms with Crippen LogP contribution in [0.1, 0.15) is 16.1 Å². The Morgan fingerprint density at radius 3 is 2.83 bits per heavy atom. The number of nitrogens with one attached hydrogen (secondary N) is 2. The molecule has 2 aromatic rings. The maximum atomic E-state index is 12.3. The highest BCUT2D eigenvalue weighted by Crippen LogP contribution is 2.34. The lowest BCUT2D eigenvalue weighted by Gasteiger charge is -2.26. The molecule has 1 fully saturated rings. The number of amides is 1. The molecule has 0 saturated carbocycles. The van der Waals surface area contributed by atoms with E-state index in [9.17, 15) is 4.79 Å². The molecule has 0 unspecified atom stereocenters. The molecular weight excluding hydrogens is 270 g/mol. The smallest absolute Gasteiger partial charge is 0.270 e. The van der Waals surface area contributed by atoms with Gasteiger partial charge in [0.05, 0.1) is 14.6 Å². The number of nitrogens with zero attached hydrogens (tertiary/aromatic N) is 1. The molecule has 0 spiro atoms. The number of thiophene rings is 1. The van der Waals surface area contributed by atoms with Crippen LogP contribution >= 0.6 is 22.9 Å². The molecule has 3 rings (SSSR count). The van der Waals surface area contributed by atoms with Gasteiger partial charge in [-0.15, -0.1) is 11.3 Å². The van der Waals surface area contributed by atoms with Crippen molar-refractivity contribution in [1.29, 1.82) is 0 Å². The van der Waals surface area contributed by atoms with Crippen molar-refractivity contribution >= 4 is 39.1 Å². The topological polar surface area (TPSA) is 48.1 Å². The van der Waals surface area contributed by atoms with Crippen LogP contribution in [-0.4, -0.2) is 42.0 Å². The van der Waals surface area contributed by atoms with Crippen LogP contribution in [-0.2, 0) is 0 Å². The first-order chi connectivity index (χ1) is 8.66. The summed E-state index contributed by atoms with van der Waals surface area (Å²) in [4.78, 5) is 17.4. The largest absolute Gasteiger partial charge is 0.350 e. The first-order valence-electron chi connectivity index (χ1n) is 5.94. The minimum atomic E-state index is 0.0791. The number of H-pyrrole nitrogens is 1. The molecule has 1 aliphatic rings. The molecule has 2 N–H and O–H groups in total. The van der Waals surface area contributed by atoms with Crippen LogP contribution < -0.4 is 5.32 Å². The van der Waals surface area contributed by atoms with Crippen LogP contribution in [0.15, 0.2) is 6.07 Å². The van der Waals surface area contributed by atoms with Gasteiger partial charge in [-0.05, 0) is 13.0 Å². The Kier molecular flexibility index (Phi) is 3.05. The molecule has 0 aromatic carbocycles. The first kappa shape index (κ1) is 12.0. The molecule has 4 nitrogen and oxygen atoms in total. The van der Waals surface area contributed by atoms with Gasteiger partial charge in [0.15, 0.2) is 0 Å². The van der Waals surface area contributed by atoms with E-state index < -0.39 is 0 Å². The Morgan fingerprint density at radius 2 is 2.17 bits per heavy atom. The summed E-state index contributed by atoms with van der Waals surface area (Å²) < 4.78 is 1.84. The standard InChI is InChI=1S/C12H14ClN3OS/c1-7-10-9(18-11(7)13)6-8(15-10)12(17)16-4-2-14-3-5-16/h6,14-15H,2-5H2,1H3. The summed E-state index contributed by atoms with van der Waals surface area (Å²) in [5, 5.41) is 3.24. The molecule has 1 saturated heterocycles. The molecule has 3 heterocycles. The molecule has 2 aromatic heterocycles. The van der Waals surface area contributed by atoms with E-state index >= 15 is 0 Å². The maximum Gasteiger partial charge on any atom is 0.270 e. The van der Waals surface area contributed by atoms with Gasteiger partial charge in [-0.25, -0.2) is 0 Å². The van der Waals surface area contributed by atoms with Gasteiger partial charge >= 0.3 is 0 Å². The van der Waals surface area contributed by atoms with Gasteiger partial charge in [0.2, 0.25) is 0 Å². The third kappa shape index (κ3) is 1.92. The maximum absolute atomic E-state index is 12.3. The molecule has 0 aliphatic carbocycles. The van der Waals surface area contributed by atoms with Gasteiger partial charge in [0, 0.05) is 31.7 Å². The van der Waals surface area contributed by atoms with Gasteiger partial charge in [-0.3, -0.25) is 4.79 Å². The van der Waals surface area contributed by atoms with Crippen molar-refractivity contribution in [3.8, 4) is 0 Å². The number of aromatic amines is 1. The second-order valence-corrected chi connectivity index (χ2v) is 6.12. The number of halogens is 1. The highest BCUT2D eigenvalue weighted by molar-refractivity contribution is 7.22. The van der Waals surface area contributed by atoms with Gasteiger partial charge in [-0.2, -0.15) is 0 Å². The van der Waals surface area contributed by atoms with E-state index in [4.69, 9.17) is 11.6 Å². The fourth-order valence-electron chi connectivity index (χ4n) is 2.22. The SMILES string of the molecule is Cc1c(Cl)sc2cc(C(=O)N3CCNCC3)[nH]c12. The summed E-state index contributed by atoms with van der Waals surface area (Å²) >= 11 is 7.58. The van der Waals surface area contributed by atoms with Crippen molar-refractivity contribution in [3.05, 3.63) is 21.7 Å². The zero-order valence-corrected chi connectivity index (χ0v) is 11.6. The van der Waals surface area contributed by atoms with Crippen LogP contribution in [0.5, 0.6) is 0 Å². The van der Waals surface area contributed by atoms with E-state index in [0.717, 1.165) is 46.3 Å². The van der Waals surface area contributed by atoms with Crippen LogP contribution in [0, 0.1) is 6.92 Å². The molecule has 1 aliphatic heterocycles. The van der Waals surface area contributed by atoms with Crippen molar-refractivity contribution in [2.45, 2.75) is 6.92 Å². The molecular formula is C12H14ClN3OS. The number of aryl methyl sites for hydroxylation is 1. The molecule has 96 valence electrons. The van der Waals surface area contributed by atoms with Gasteiger partial charge in [0.1, 0.15) is 5.69 Å². The Balaban J connectivity index is 1.91. The summed E-state index contributed by atoms with van der Waals surface area (Å²) in [6.45, 7) is 5.24. The van der Waals surface area contributed by atoms with Gasteiger partial charge in [0.25, 0.3) is 5.91 Å². The van der Waals surface area contributed by atoms with Crippen LogP contribution in [0.3, 0.4) is 0 Å². The Hall–Kier alpha value is -1.04. The molecule has 0 bridgehead atoms. The number of rotatable bonds is 1. The van der Waals surface area contributed by atoms with Crippen molar-refractivity contribution in [3.63, 3.8) is 0 Å². The number of hydrogen-bond donors (Lipinski definition) is 2. The molecule has 18 heavy (non-hydrogen) atoms. The lowest BCUT2D eigenvalue weighted by molar-refractivity contribution is 0.0731. The zero-order chi connectivity index (χ0) is 12.7. The van der Waals surface area contributed by atoms with Crippen molar-refractivity contribution in [2.24, 2.45) is 0 Å². The Morgan fingerprint density at radius 1 is 1.44 bits per heavy atom. The quantitative estimate of drug-likeness (QED) is 0.843. The zero-order valence-electron chi connectivity index (χ0n) is 10.0. The number of carbonyl (C=O) groups is 1. The normalized spacial score (nSPS) is 16.4. The van der Waals surface area contributed by atoms with E-state index in [1.54, 1.807) is 0 Å². The van der Waals surface area contributed by atoms with E-state index in [1.165, 1.54) is 11.3 Å².